The number of esters is 1. The van der Waals surface area contributed by atoms with Crippen LogP contribution in [0.4, 0.5) is 0 Å². The molecule has 0 N–H and O–H groups in total. The predicted molar refractivity (Wildman–Crippen MR) is 87.2 cm³/mol. The quantitative estimate of drug-likeness (QED) is 0.684. The van der Waals surface area contributed by atoms with Crippen LogP contribution in [0.2, 0.25) is 0 Å². The van der Waals surface area contributed by atoms with Crippen LogP contribution in [0.3, 0.4) is 0 Å². The van der Waals surface area contributed by atoms with E-state index in [1.54, 1.807) is 0 Å². The second-order valence-electron chi connectivity index (χ2n) is 10.1. The minimum Gasteiger partial charge on any atom is -0.462 e. The zero-order chi connectivity index (χ0) is 15.9. The zero-order valence-corrected chi connectivity index (χ0v) is 14.9. The molecule has 4 fully saturated rings. The van der Waals surface area contributed by atoms with Gasteiger partial charge in [0.25, 0.3) is 0 Å². The van der Waals surface area contributed by atoms with Crippen molar-refractivity contribution in [1.82, 2.24) is 0 Å². The lowest BCUT2D eigenvalue weighted by Gasteiger charge is -2.41. The number of hydrogen-bond donors (Lipinski definition) is 0. The molecule has 2 heteroatoms. The lowest BCUT2D eigenvalue weighted by atomic mass is 9.68. The molecule has 2 nitrogen and oxygen atoms in total. The highest BCUT2D eigenvalue weighted by Gasteiger charge is 2.64. The molecule has 0 aliphatic heterocycles. The van der Waals surface area contributed by atoms with E-state index in [1.165, 1.54) is 32.1 Å². The van der Waals surface area contributed by atoms with Crippen molar-refractivity contribution in [3.8, 4) is 0 Å². The number of hydrogen-bond acceptors (Lipinski definition) is 2. The van der Waals surface area contributed by atoms with Gasteiger partial charge in [0.2, 0.25) is 0 Å². The number of carbonyl (C=O) groups excluding carboxylic acids is 1. The number of rotatable bonds is 2. The van der Waals surface area contributed by atoms with Crippen LogP contribution in [-0.2, 0) is 9.53 Å². The summed E-state index contributed by atoms with van der Waals surface area (Å²) in [6.07, 6.45) is 7.60. The average molecular weight is 304 g/mol. The van der Waals surface area contributed by atoms with Crippen molar-refractivity contribution in [2.24, 2.45) is 39.9 Å². The lowest BCUT2D eigenvalue weighted by Crippen LogP contribution is -2.43. The van der Waals surface area contributed by atoms with E-state index in [-0.39, 0.29) is 28.8 Å². The molecule has 22 heavy (non-hydrogen) atoms. The molecule has 6 unspecified atom stereocenters. The Balaban J connectivity index is 1.52. The summed E-state index contributed by atoms with van der Waals surface area (Å²) in [5.74, 6) is 2.35. The van der Waals surface area contributed by atoms with Gasteiger partial charge >= 0.3 is 5.97 Å². The molecule has 4 saturated carbocycles. The van der Waals surface area contributed by atoms with Crippen molar-refractivity contribution < 1.29 is 9.53 Å². The second kappa shape index (κ2) is 4.30. The Hall–Kier alpha value is -0.530. The van der Waals surface area contributed by atoms with E-state index in [0.29, 0.717) is 11.3 Å². The third kappa shape index (κ3) is 1.65. The summed E-state index contributed by atoms with van der Waals surface area (Å²) in [4.78, 5) is 13.0. The molecule has 6 atom stereocenters. The number of carbonyl (C=O) groups is 1. The van der Waals surface area contributed by atoms with Gasteiger partial charge in [-0.2, -0.15) is 0 Å². The molecule has 0 radical (unpaired) electrons. The van der Waals surface area contributed by atoms with E-state index in [2.05, 4.69) is 34.6 Å². The third-order valence-corrected chi connectivity index (χ3v) is 9.02. The van der Waals surface area contributed by atoms with E-state index in [4.69, 9.17) is 4.74 Å². The first-order valence-corrected chi connectivity index (χ1v) is 9.38. The van der Waals surface area contributed by atoms with Crippen molar-refractivity contribution in [2.75, 3.05) is 0 Å². The van der Waals surface area contributed by atoms with Gasteiger partial charge in [-0.05, 0) is 67.1 Å². The summed E-state index contributed by atoms with van der Waals surface area (Å²) in [6, 6.07) is 0. The van der Waals surface area contributed by atoms with Crippen molar-refractivity contribution in [3.63, 3.8) is 0 Å². The lowest BCUT2D eigenvalue weighted by molar-refractivity contribution is -0.168. The molecule has 0 aromatic heterocycles. The maximum atomic E-state index is 13.0. The van der Waals surface area contributed by atoms with Gasteiger partial charge in [0.15, 0.2) is 0 Å². The minimum absolute atomic E-state index is 0.131. The fourth-order valence-corrected chi connectivity index (χ4v) is 6.87. The van der Waals surface area contributed by atoms with Crippen molar-refractivity contribution in [1.29, 1.82) is 0 Å². The monoisotopic (exact) mass is 304 g/mol. The first-order valence-electron chi connectivity index (χ1n) is 9.38. The van der Waals surface area contributed by atoms with Crippen LogP contribution < -0.4 is 0 Å². The molecule has 0 aromatic rings. The Morgan fingerprint density at radius 2 is 1.68 bits per heavy atom. The van der Waals surface area contributed by atoms with Gasteiger partial charge in [0.1, 0.15) is 6.10 Å². The SMILES string of the molecule is CC1(C)C2CCC(C2)C1C(=O)OC1CC2CCC1(C)C2(C)C. The summed E-state index contributed by atoms with van der Waals surface area (Å²) >= 11 is 0. The molecule has 4 aliphatic carbocycles. The van der Waals surface area contributed by atoms with Gasteiger partial charge in [0, 0.05) is 5.41 Å². The van der Waals surface area contributed by atoms with Crippen LogP contribution in [-0.4, -0.2) is 12.1 Å². The summed E-state index contributed by atoms with van der Waals surface area (Å²) < 4.78 is 6.22. The molecule has 0 amide bonds. The van der Waals surface area contributed by atoms with Crippen molar-refractivity contribution in [2.45, 2.75) is 79.2 Å². The topological polar surface area (TPSA) is 26.3 Å². The van der Waals surface area contributed by atoms with Crippen molar-refractivity contribution >= 4 is 5.97 Å². The maximum absolute atomic E-state index is 13.0. The van der Waals surface area contributed by atoms with E-state index in [9.17, 15) is 4.79 Å². The van der Waals surface area contributed by atoms with Gasteiger partial charge in [-0.15, -0.1) is 0 Å². The molecule has 124 valence electrons. The molecule has 4 rings (SSSR count). The minimum atomic E-state index is 0.131. The molecule has 4 aliphatic rings. The fourth-order valence-electron chi connectivity index (χ4n) is 6.87. The van der Waals surface area contributed by atoms with Crippen LogP contribution in [0.5, 0.6) is 0 Å². The zero-order valence-electron chi connectivity index (χ0n) is 14.9. The Labute approximate surface area is 135 Å². The van der Waals surface area contributed by atoms with Crippen LogP contribution in [0.1, 0.15) is 73.1 Å². The highest BCUT2D eigenvalue weighted by Crippen LogP contribution is 2.67. The maximum Gasteiger partial charge on any atom is 0.310 e. The van der Waals surface area contributed by atoms with E-state index in [1.807, 2.05) is 0 Å². The van der Waals surface area contributed by atoms with Gasteiger partial charge in [-0.1, -0.05) is 34.6 Å². The molecular weight excluding hydrogens is 272 g/mol. The van der Waals surface area contributed by atoms with E-state index >= 15 is 0 Å². The standard InChI is InChI=1S/C20H32O2/c1-18(2)13-7-6-12(10-13)16(18)17(21)22-15-11-14-8-9-20(15,5)19(14,3)4/h12-16H,6-11H2,1-5H3. The highest BCUT2D eigenvalue weighted by molar-refractivity contribution is 5.75. The first kappa shape index (κ1) is 15.0. The van der Waals surface area contributed by atoms with Crippen LogP contribution in [0.25, 0.3) is 0 Å². The first-order chi connectivity index (χ1) is 10.2. The molecule has 0 heterocycles. The van der Waals surface area contributed by atoms with Gasteiger partial charge in [-0.3, -0.25) is 4.79 Å². The van der Waals surface area contributed by atoms with Gasteiger partial charge in [-0.25, -0.2) is 0 Å². The smallest absolute Gasteiger partial charge is 0.310 e. The molecule has 0 aromatic carbocycles. The highest BCUT2D eigenvalue weighted by atomic mass is 16.5. The second-order valence-corrected chi connectivity index (χ2v) is 10.1. The molecule has 0 spiro atoms. The normalized spacial score (nSPS) is 50.5. The summed E-state index contributed by atoms with van der Waals surface area (Å²) in [6.45, 7) is 11.7. The van der Waals surface area contributed by atoms with E-state index in [0.717, 1.165) is 18.3 Å². The summed E-state index contributed by atoms with van der Waals surface area (Å²) in [5, 5.41) is 0. The third-order valence-electron chi connectivity index (χ3n) is 9.02. The molecule has 0 saturated heterocycles. The Morgan fingerprint density at radius 1 is 0.955 bits per heavy atom. The number of fused-ring (bicyclic) bond motifs is 4. The van der Waals surface area contributed by atoms with Crippen LogP contribution >= 0.6 is 0 Å². The fraction of sp³-hybridized carbons (Fsp3) is 0.950. The molecular formula is C20H32O2. The summed E-state index contributed by atoms with van der Waals surface area (Å²) in [7, 11) is 0. The van der Waals surface area contributed by atoms with Gasteiger partial charge in [0.05, 0.1) is 5.92 Å². The van der Waals surface area contributed by atoms with E-state index < -0.39 is 0 Å². The molecule has 4 bridgehead atoms. The largest absolute Gasteiger partial charge is 0.462 e. The summed E-state index contributed by atoms with van der Waals surface area (Å²) in [5.41, 5.74) is 0.658. The van der Waals surface area contributed by atoms with Gasteiger partial charge < -0.3 is 4.74 Å². The number of ether oxygens (including phenoxy) is 1. The Kier molecular flexibility index (Phi) is 2.94. The Bertz CT molecular complexity index is 506. The average Bonchev–Trinajstić information content (AvgIpc) is 3.08. The Morgan fingerprint density at radius 3 is 2.18 bits per heavy atom. The van der Waals surface area contributed by atoms with Crippen LogP contribution in [0.15, 0.2) is 0 Å². The van der Waals surface area contributed by atoms with Crippen molar-refractivity contribution in [3.05, 3.63) is 0 Å². The predicted octanol–water partition coefficient (Wildman–Crippen LogP) is 4.82. The van der Waals surface area contributed by atoms with Crippen LogP contribution in [0, 0.1) is 39.9 Å².